The minimum Gasteiger partial charge on any atom is -0.364 e. The van der Waals surface area contributed by atoms with Crippen LogP contribution in [0.15, 0.2) is 18.2 Å². The number of ether oxygens (including phenoxy) is 1. The van der Waals surface area contributed by atoms with E-state index in [0.29, 0.717) is 6.54 Å². The molecule has 1 fully saturated rings. The van der Waals surface area contributed by atoms with Gasteiger partial charge in [-0.15, -0.1) is 0 Å². The van der Waals surface area contributed by atoms with Gasteiger partial charge in [0, 0.05) is 5.69 Å². The van der Waals surface area contributed by atoms with Crippen LogP contribution in [-0.4, -0.2) is 50.2 Å². The predicted molar refractivity (Wildman–Crippen MR) is 93.1 cm³/mol. The molecule has 132 valence electrons. The molecule has 6 nitrogen and oxygen atoms in total. The number of carbonyl (C=O) groups is 2. The van der Waals surface area contributed by atoms with E-state index in [-0.39, 0.29) is 30.6 Å². The van der Waals surface area contributed by atoms with Gasteiger partial charge < -0.3 is 20.3 Å². The van der Waals surface area contributed by atoms with Gasteiger partial charge in [-0.05, 0) is 44.9 Å². The molecule has 0 aliphatic carbocycles. The number of hydrogen-bond acceptors (Lipinski definition) is 3. The standard InChI is InChI=1S/C18H27N3O3/c1-12-6-5-7-16(15(12)4)20-17(22)8-19-18(23)11-21-9-13(2)24-14(3)10-21/h5-7,13-14H,8-11H2,1-4H3,(H,19,23)(H,20,22)/p+1/t13-,14-/m1/s1. The van der Waals surface area contributed by atoms with Gasteiger partial charge in [-0.1, -0.05) is 12.1 Å². The Bertz CT molecular complexity index is 593. The lowest BCUT2D eigenvalue weighted by atomic mass is 10.1. The van der Waals surface area contributed by atoms with Gasteiger partial charge in [0.2, 0.25) is 5.91 Å². The molecule has 1 aromatic carbocycles. The van der Waals surface area contributed by atoms with Crippen LogP contribution in [0.2, 0.25) is 0 Å². The molecular weight excluding hydrogens is 306 g/mol. The quantitative estimate of drug-likeness (QED) is 0.713. The number of rotatable bonds is 5. The third-order valence-corrected chi connectivity index (χ3v) is 4.35. The first-order valence-corrected chi connectivity index (χ1v) is 8.47. The van der Waals surface area contributed by atoms with Gasteiger partial charge >= 0.3 is 0 Å². The van der Waals surface area contributed by atoms with Gasteiger partial charge in [0.25, 0.3) is 5.91 Å². The van der Waals surface area contributed by atoms with Crippen molar-refractivity contribution in [3.8, 4) is 0 Å². The van der Waals surface area contributed by atoms with E-state index in [4.69, 9.17) is 4.74 Å². The van der Waals surface area contributed by atoms with E-state index in [1.54, 1.807) is 0 Å². The van der Waals surface area contributed by atoms with Crippen molar-refractivity contribution in [1.82, 2.24) is 5.32 Å². The number of nitrogens with one attached hydrogen (secondary N) is 3. The Morgan fingerprint density at radius 1 is 1.17 bits per heavy atom. The summed E-state index contributed by atoms with van der Waals surface area (Å²) in [6.45, 7) is 9.98. The van der Waals surface area contributed by atoms with E-state index in [9.17, 15) is 9.59 Å². The number of aryl methyl sites for hydroxylation is 1. The zero-order valence-electron chi connectivity index (χ0n) is 14.9. The molecule has 3 N–H and O–H groups in total. The summed E-state index contributed by atoms with van der Waals surface area (Å²) in [5.74, 6) is -0.321. The molecule has 1 aliphatic rings. The molecule has 0 aromatic heterocycles. The fraction of sp³-hybridized carbons (Fsp3) is 0.556. The molecule has 2 amide bonds. The number of anilines is 1. The number of amides is 2. The van der Waals surface area contributed by atoms with Crippen LogP contribution in [0.25, 0.3) is 0 Å². The van der Waals surface area contributed by atoms with E-state index in [1.165, 1.54) is 4.90 Å². The smallest absolute Gasteiger partial charge is 0.275 e. The average molecular weight is 334 g/mol. The number of carbonyl (C=O) groups excluding carboxylic acids is 2. The molecule has 2 rings (SSSR count). The zero-order valence-corrected chi connectivity index (χ0v) is 14.9. The van der Waals surface area contributed by atoms with Crippen LogP contribution in [0, 0.1) is 13.8 Å². The second kappa shape index (κ2) is 8.26. The fourth-order valence-corrected chi connectivity index (χ4v) is 3.08. The first kappa shape index (κ1) is 18.4. The maximum Gasteiger partial charge on any atom is 0.275 e. The van der Waals surface area contributed by atoms with Crippen molar-refractivity contribution >= 4 is 17.5 Å². The fourth-order valence-electron chi connectivity index (χ4n) is 3.08. The van der Waals surface area contributed by atoms with Gasteiger partial charge in [-0.3, -0.25) is 9.59 Å². The highest BCUT2D eigenvalue weighted by molar-refractivity contribution is 5.95. The van der Waals surface area contributed by atoms with Gasteiger partial charge in [0.15, 0.2) is 6.54 Å². The van der Waals surface area contributed by atoms with Gasteiger partial charge in [0.1, 0.15) is 25.3 Å². The Balaban J connectivity index is 1.77. The van der Waals surface area contributed by atoms with Crippen molar-refractivity contribution in [2.24, 2.45) is 0 Å². The number of quaternary nitrogens is 1. The predicted octanol–water partition coefficient (Wildman–Crippen LogP) is 0.0502. The van der Waals surface area contributed by atoms with Crippen molar-refractivity contribution in [2.75, 3.05) is 31.5 Å². The lowest BCUT2D eigenvalue weighted by molar-refractivity contribution is -0.907. The lowest BCUT2D eigenvalue weighted by Crippen LogP contribution is -3.16. The molecule has 0 saturated carbocycles. The molecule has 1 heterocycles. The van der Waals surface area contributed by atoms with Crippen molar-refractivity contribution in [2.45, 2.75) is 39.9 Å². The first-order chi connectivity index (χ1) is 11.3. The molecule has 0 unspecified atom stereocenters. The van der Waals surface area contributed by atoms with Crippen molar-refractivity contribution in [1.29, 1.82) is 0 Å². The summed E-state index contributed by atoms with van der Waals surface area (Å²) >= 11 is 0. The van der Waals surface area contributed by atoms with Gasteiger partial charge in [-0.2, -0.15) is 0 Å². The van der Waals surface area contributed by atoms with Crippen LogP contribution in [0.5, 0.6) is 0 Å². The number of benzene rings is 1. The van der Waals surface area contributed by atoms with E-state index in [0.717, 1.165) is 29.9 Å². The summed E-state index contributed by atoms with van der Waals surface area (Å²) in [6.07, 6.45) is 0.313. The maximum absolute atomic E-state index is 12.0. The van der Waals surface area contributed by atoms with Crippen LogP contribution in [-0.2, 0) is 14.3 Å². The summed E-state index contributed by atoms with van der Waals surface area (Å²) in [7, 11) is 0. The third-order valence-electron chi connectivity index (χ3n) is 4.35. The third kappa shape index (κ3) is 5.32. The second-order valence-corrected chi connectivity index (χ2v) is 6.66. The highest BCUT2D eigenvalue weighted by atomic mass is 16.5. The summed E-state index contributed by atoms with van der Waals surface area (Å²) in [5, 5.41) is 5.54. The molecule has 1 saturated heterocycles. The van der Waals surface area contributed by atoms with Crippen molar-refractivity contribution in [3.05, 3.63) is 29.3 Å². The Hall–Kier alpha value is -1.92. The van der Waals surface area contributed by atoms with Crippen molar-refractivity contribution in [3.63, 3.8) is 0 Å². The van der Waals surface area contributed by atoms with Crippen LogP contribution < -0.4 is 15.5 Å². The Labute approximate surface area is 143 Å². The minimum absolute atomic E-state index is 0.0128. The molecule has 1 aliphatic heterocycles. The highest BCUT2D eigenvalue weighted by Crippen LogP contribution is 2.17. The van der Waals surface area contributed by atoms with Gasteiger partial charge in [-0.25, -0.2) is 0 Å². The summed E-state index contributed by atoms with van der Waals surface area (Å²) in [6, 6.07) is 5.77. The summed E-state index contributed by atoms with van der Waals surface area (Å²) < 4.78 is 5.67. The van der Waals surface area contributed by atoms with E-state index in [2.05, 4.69) is 10.6 Å². The number of morpholine rings is 1. The second-order valence-electron chi connectivity index (χ2n) is 6.66. The molecule has 6 heteroatoms. The normalized spacial score (nSPS) is 23.6. The van der Waals surface area contributed by atoms with E-state index >= 15 is 0 Å². The summed E-state index contributed by atoms with van der Waals surface area (Å²) in [4.78, 5) is 25.3. The lowest BCUT2D eigenvalue weighted by Gasteiger charge is -2.31. The van der Waals surface area contributed by atoms with Gasteiger partial charge in [0.05, 0.1) is 6.54 Å². The Kier molecular flexibility index (Phi) is 6.34. The molecule has 0 radical (unpaired) electrons. The number of hydrogen-bond donors (Lipinski definition) is 3. The molecule has 0 spiro atoms. The van der Waals surface area contributed by atoms with Crippen LogP contribution >= 0.6 is 0 Å². The molecule has 1 aromatic rings. The molecular formula is C18H28N3O3+. The first-order valence-electron chi connectivity index (χ1n) is 8.47. The van der Waals surface area contributed by atoms with Crippen LogP contribution in [0.1, 0.15) is 25.0 Å². The minimum atomic E-state index is -0.212. The van der Waals surface area contributed by atoms with Crippen LogP contribution in [0.3, 0.4) is 0 Å². The SMILES string of the molecule is Cc1cccc(NC(=O)CNC(=O)C[NH+]2C[C@@H](C)O[C@H](C)C2)c1C. The molecule has 2 atom stereocenters. The maximum atomic E-state index is 12.0. The van der Waals surface area contributed by atoms with Crippen LogP contribution in [0.4, 0.5) is 5.69 Å². The van der Waals surface area contributed by atoms with E-state index < -0.39 is 0 Å². The molecule has 24 heavy (non-hydrogen) atoms. The van der Waals surface area contributed by atoms with Crippen molar-refractivity contribution < 1.29 is 19.2 Å². The topological polar surface area (TPSA) is 71.9 Å². The monoisotopic (exact) mass is 334 g/mol. The Morgan fingerprint density at radius 3 is 2.50 bits per heavy atom. The largest absolute Gasteiger partial charge is 0.364 e. The molecule has 0 bridgehead atoms. The zero-order chi connectivity index (χ0) is 17.7. The Morgan fingerprint density at radius 2 is 1.83 bits per heavy atom. The average Bonchev–Trinajstić information content (AvgIpc) is 2.49. The highest BCUT2D eigenvalue weighted by Gasteiger charge is 2.27. The summed E-state index contributed by atoms with van der Waals surface area (Å²) in [5.41, 5.74) is 2.95. The van der Waals surface area contributed by atoms with E-state index in [1.807, 2.05) is 45.9 Å².